The molecule has 6 heteroatoms. The molecule has 0 saturated heterocycles. The van der Waals surface area contributed by atoms with Crippen molar-refractivity contribution in [3.05, 3.63) is 64.2 Å². The summed E-state index contributed by atoms with van der Waals surface area (Å²) in [6, 6.07) is 13.5. The van der Waals surface area contributed by atoms with E-state index in [0.29, 0.717) is 0 Å². The van der Waals surface area contributed by atoms with Crippen LogP contribution in [0.3, 0.4) is 0 Å². The lowest BCUT2D eigenvalue weighted by Crippen LogP contribution is -2.24. The van der Waals surface area contributed by atoms with Gasteiger partial charge in [-0.05, 0) is 36.2 Å². The van der Waals surface area contributed by atoms with E-state index in [1.807, 2.05) is 37.3 Å². The van der Waals surface area contributed by atoms with Gasteiger partial charge in [-0.3, -0.25) is 0 Å². The summed E-state index contributed by atoms with van der Waals surface area (Å²) in [5.41, 5.74) is 2.13. The minimum Gasteiger partial charge on any atom is -0.207 e. The van der Waals surface area contributed by atoms with Crippen molar-refractivity contribution in [1.82, 2.24) is 4.72 Å². The second kappa shape index (κ2) is 6.27. The summed E-state index contributed by atoms with van der Waals surface area (Å²) < 4.78 is 27.1. The summed E-state index contributed by atoms with van der Waals surface area (Å²) >= 11 is 5.92. The van der Waals surface area contributed by atoms with Gasteiger partial charge in [-0.1, -0.05) is 35.9 Å². The molecule has 0 amide bonds. The fourth-order valence-corrected chi connectivity index (χ4v) is 3.37. The maximum atomic E-state index is 12.3. The zero-order valence-electron chi connectivity index (χ0n) is 11.3. The SMILES string of the molecule is Cc1ccccc1CNS(=O)(=O)c1cc(C#N)ccc1Cl. The number of benzene rings is 2. The van der Waals surface area contributed by atoms with Crippen LogP contribution >= 0.6 is 11.6 Å². The summed E-state index contributed by atoms with van der Waals surface area (Å²) in [5.74, 6) is 0. The Hall–Kier alpha value is -1.87. The fraction of sp³-hybridized carbons (Fsp3) is 0.133. The second-order valence-electron chi connectivity index (χ2n) is 4.51. The molecule has 0 saturated carbocycles. The van der Waals surface area contributed by atoms with Gasteiger partial charge in [0.25, 0.3) is 0 Å². The quantitative estimate of drug-likeness (QED) is 0.941. The lowest BCUT2D eigenvalue weighted by atomic mass is 10.1. The highest BCUT2D eigenvalue weighted by Gasteiger charge is 2.18. The first-order valence-corrected chi connectivity index (χ1v) is 8.04. The van der Waals surface area contributed by atoms with Crippen molar-refractivity contribution in [2.45, 2.75) is 18.4 Å². The molecule has 0 aromatic heterocycles. The molecule has 108 valence electrons. The van der Waals surface area contributed by atoms with E-state index in [9.17, 15) is 8.42 Å². The average molecular weight is 321 g/mol. The van der Waals surface area contributed by atoms with E-state index in [4.69, 9.17) is 16.9 Å². The Balaban J connectivity index is 2.28. The number of nitrogens with zero attached hydrogens (tertiary/aromatic N) is 1. The molecule has 4 nitrogen and oxygen atoms in total. The van der Waals surface area contributed by atoms with Crippen molar-refractivity contribution in [3.8, 4) is 6.07 Å². The molecule has 0 spiro atoms. The molecule has 0 atom stereocenters. The molecule has 0 heterocycles. The molecule has 0 unspecified atom stereocenters. The van der Waals surface area contributed by atoms with Crippen LogP contribution in [0.1, 0.15) is 16.7 Å². The third-order valence-corrected chi connectivity index (χ3v) is 4.95. The minimum atomic E-state index is -3.77. The highest BCUT2D eigenvalue weighted by Crippen LogP contribution is 2.22. The molecular formula is C15H13ClN2O2S. The molecule has 0 bridgehead atoms. The number of nitrogens with one attached hydrogen (secondary N) is 1. The first-order chi connectivity index (χ1) is 9.94. The van der Waals surface area contributed by atoms with Gasteiger partial charge in [0.2, 0.25) is 10.0 Å². The van der Waals surface area contributed by atoms with Gasteiger partial charge in [0.05, 0.1) is 16.7 Å². The van der Waals surface area contributed by atoms with Gasteiger partial charge < -0.3 is 0 Å². The zero-order valence-corrected chi connectivity index (χ0v) is 12.9. The summed E-state index contributed by atoms with van der Waals surface area (Å²) in [7, 11) is -3.77. The highest BCUT2D eigenvalue weighted by molar-refractivity contribution is 7.89. The Kier molecular flexibility index (Phi) is 4.63. The number of sulfonamides is 1. The minimum absolute atomic E-state index is 0.0863. The lowest BCUT2D eigenvalue weighted by molar-refractivity contribution is 0.581. The Labute approximate surface area is 129 Å². The van der Waals surface area contributed by atoms with Crippen molar-refractivity contribution in [2.75, 3.05) is 0 Å². The smallest absolute Gasteiger partial charge is 0.207 e. The van der Waals surface area contributed by atoms with E-state index < -0.39 is 10.0 Å². The Morgan fingerprint density at radius 1 is 1.24 bits per heavy atom. The monoisotopic (exact) mass is 320 g/mol. The molecular weight excluding hydrogens is 308 g/mol. The number of nitriles is 1. The van der Waals surface area contributed by atoms with E-state index in [0.717, 1.165) is 11.1 Å². The molecule has 1 N–H and O–H groups in total. The van der Waals surface area contributed by atoms with E-state index >= 15 is 0 Å². The largest absolute Gasteiger partial charge is 0.242 e. The predicted octanol–water partition coefficient (Wildman–Crippen LogP) is 3.00. The van der Waals surface area contributed by atoms with Gasteiger partial charge >= 0.3 is 0 Å². The Bertz CT molecular complexity index is 811. The van der Waals surface area contributed by atoms with Crippen LogP contribution in [0.5, 0.6) is 0 Å². The van der Waals surface area contributed by atoms with Gasteiger partial charge in [0.15, 0.2) is 0 Å². The zero-order chi connectivity index (χ0) is 15.5. The standard InChI is InChI=1S/C15H13ClN2O2S/c1-11-4-2-3-5-13(11)10-18-21(19,20)15-8-12(9-17)6-7-14(15)16/h2-8,18H,10H2,1H3. The molecule has 0 radical (unpaired) electrons. The van der Waals surface area contributed by atoms with Gasteiger partial charge in [0.1, 0.15) is 4.90 Å². The molecule has 0 aliphatic heterocycles. The number of hydrogen-bond acceptors (Lipinski definition) is 3. The second-order valence-corrected chi connectivity index (χ2v) is 6.65. The van der Waals surface area contributed by atoms with Crippen LogP contribution in [-0.2, 0) is 16.6 Å². The summed E-state index contributed by atoms with van der Waals surface area (Å²) in [4.78, 5) is -0.0863. The Morgan fingerprint density at radius 3 is 2.62 bits per heavy atom. The van der Waals surface area contributed by atoms with Gasteiger partial charge in [-0.25, -0.2) is 13.1 Å². The van der Waals surface area contributed by atoms with Crippen LogP contribution in [-0.4, -0.2) is 8.42 Å². The fourth-order valence-electron chi connectivity index (χ4n) is 1.84. The maximum absolute atomic E-state index is 12.3. The van der Waals surface area contributed by atoms with Crippen molar-refractivity contribution in [3.63, 3.8) is 0 Å². The highest BCUT2D eigenvalue weighted by atomic mass is 35.5. The molecule has 2 rings (SSSR count). The summed E-state index contributed by atoms with van der Waals surface area (Å²) in [5, 5.41) is 8.94. The third-order valence-electron chi connectivity index (χ3n) is 3.06. The number of aryl methyl sites for hydroxylation is 1. The Morgan fingerprint density at radius 2 is 1.95 bits per heavy atom. The average Bonchev–Trinajstić information content (AvgIpc) is 2.47. The van der Waals surface area contributed by atoms with E-state index in [1.54, 1.807) is 0 Å². The van der Waals surface area contributed by atoms with Crippen molar-refractivity contribution >= 4 is 21.6 Å². The third kappa shape index (κ3) is 3.61. The van der Waals surface area contributed by atoms with Crippen LogP contribution in [0.15, 0.2) is 47.4 Å². The molecule has 21 heavy (non-hydrogen) atoms. The van der Waals surface area contributed by atoms with Crippen molar-refractivity contribution < 1.29 is 8.42 Å². The summed E-state index contributed by atoms with van der Waals surface area (Å²) in [6.07, 6.45) is 0. The van der Waals surface area contributed by atoms with E-state index in [2.05, 4.69) is 4.72 Å². The van der Waals surface area contributed by atoms with Crippen LogP contribution in [0.25, 0.3) is 0 Å². The van der Waals surface area contributed by atoms with Gasteiger partial charge in [-0.2, -0.15) is 5.26 Å². The molecule has 0 fully saturated rings. The normalized spacial score (nSPS) is 11.1. The van der Waals surface area contributed by atoms with Gasteiger partial charge in [-0.15, -0.1) is 0 Å². The van der Waals surface area contributed by atoms with Crippen molar-refractivity contribution in [2.24, 2.45) is 0 Å². The van der Waals surface area contributed by atoms with E-state index in [-0.39, 0.29) is 22.0 Å². The number of rotatable bonds is 4. The molecule has 0 aliphatic carbocycles. The maximum Gasteiger partial charge on any atom is 0.242 e. The van der Waals surface area contributed by atoms with Crippen LogP contribution in [0.2, 0.25) is 5.02 Å². The topological polar surface area (TPSA) is 70.0 Å². The van der Waals surface area contributed by atoms with Gasteiger partial charge in [0, 0.05) is 6.54 Å². The van der Waals surface area contributed by atoms with Crippen LogP contribution < -0.4 is 4.72 Å². The molecule has 2 aromatic rings. The van der Waals surface area contributed by atoms with Crippen molar-refractivity contribution in [1.29, 1.82) is 5.26 Å². The summed E-state index contributed by atoms with van der Waals surface area (Å²) in [6.45, 7) is 2.08. The number of hydrogen-bond donors (Lipinski definition) is 1. The predicted molar refractivity (Wildman–Crippen MR) is 81.4 cm³/mol. The first kappa shape index (κ1) is 15.5. The number of halogens is 1. The van der Waals surface area contributed by atoms with Crippen LogP contribution in [0.4, 0.5) is 0 Å². The van der Waals surface area contributed by atoms with Crippen LogP contribution in [0, 0.1) is 18.3 Å². The molecule has 2 aromatic carbocycles. The lowest BCUT2D eigenvalue weighted by Gasteiger charge is -2.10. The molecule has 0 aliphatic rings. The van der Waals surface area contributed by atoms with E-state index in [1.165, 1.54) is 18.2 Å². The first-order valence-electron chi connectivity index (χ1n) is 6.18.